The molecule has 0 aliphatic rings. The van der Waals surface area contributed by atoms with Gasteiger partial charge < -0.3 is 10.2 Å². The third-order valence-electron chi connectivity index (χ3n) is 1.88. The summed E-state index contributed by atoms with van der Waals surface area (Å²) in [6, 6.07) is 0. The van der Waals surface area contributed by atoms with Gasteiger partial charge in [-0.2, -0.15) is 0 Å². The molecule has 0 unspecified atom stereocenters. The molecule has 0 aromatic heterocycles. The topological polar surface area (TPSA) is 64.3 Å². The minimum Gasteiger partial charge on any atom is -0.353 e. The quantitative estimate of drug-likeness (QED) is 0.453. The molecule has 0 atom stereocenters. The molecular weight excluding hydrogens is 156 g/mol. The first-order valence-electron chi connectivity index (χ1n) is 4.35. The molecule has 0 heterocycles. The molecule has 12 heavy (non-hydrogen) atoms. The minimum atomic E-state index is 0.0945. The summed E-state index contributed by atoms with van der Waals surface area (Å²) in [5.41, 5.74) is 0. The third-order valence-corrected chi connectivity index (χ3v) is 1.88. The summed E-state index contributed by atoms with van der Waals surface area (Å²) in [4.78, 5) is 15.6. The average molecular weight is 174 g/mol. The highest BCUT2D eigenvalue weighted by molar-refractivity contribution is 5.78. The summed E-state index contributed by atoms with van der Waals surface area (Å²) in [6.45, 7) is 4.87. The third kappa shape index (κ3) is 4.31. The van der Waals surface area contributed by atoms with Crippen LogP contribution in [-0.4, -0.2) is 19.1 Å². The normalized spacial score (nSPS) is 10.3. The van der Waals surface area contributed by atoms with Gasteiger partial charge in [-0.3, -0.25) is 4.79 Å². The number of hydrogen-bond acceptors (Lipinski definition) is 3. The monoisotopic (exact) mass is 174 g/mol. The summed E-state index contributed by atoms with van der Waals surface area (Å²) in [5.74, 6) is 5.03. The van der Waals surface area contributed by atoms with Crippen LogP contribution >= 0.6 is 0 Å². The Morgan fingerprint density at radius 3 is 2.50 bits per heavy atom. The highest BCUT2D eigenvalue weighted by Gasteiger charge is 2.12. The van der Waals surface area contributed by atoms with E-state index in [2.05, 4.69) is 10.2 Å². The van der Waals surface area contributed by atoms with Crippen LogP contribution in [0.3, 0.4) is 0 Å². The number of carbonyl (C=O) groups excluding carboxylic acids is 1. The van der Waals surface area contributed by atoms with Gasteiger partial charge in [-0.1, -0.05) is 13.8 Å². The van der Waals surface area contributed by atoms with Crippen molar-refractivity contribution in [1.29, 1.82) is 0 Å². The van der Waals surface area contributed by atoms with Crippen molar-refractivity contribution < 1.29 is 9.63 Å². The predicted octanol–water partition coefficient (Wildman–Crippen LogP) is 0.429. The van der Waals surface area contributed by atoms with E-state index in [0.717, 1.165) is 12.8 Å². The average Bonchev–Trinajstić information content (AvgIpc) is 2.07. The summed E-state index contributed by atoms with van der Waals surface area (Å²) in [6.07, 6.45) is 1.76. The molecule has 1 amide bonds. The lowest BCUT2D eigenvalue weighted by Crippen LogP contribution is -2.33. The van der Waals surface area contributed by atoms with Gasteiger partial charge in [0.25, 0.3) is 0 Å². The van der Waals surface area contributed by atoms with E-state index in [1.54, 1.807) is 0 Å². The molecule has 0 aliphatic heterocycles. The van der Waals surface area contributed by atoms with Crippen molar-refractivity contribution in [2.24, 2.45) is 11.8 Å². The maximum atomic E-state index is 11.3. The van der Waals surface area contributed by atoms with E-state index in [0.29, 0.717) is 13.2 Å². The molecule has 0 aromatic rings. The van der Waals surface area contributed by atoms with E-state index in [4.69, 9.17) is 5.90 Å². The maximum absolute atomic E-state index is 11.3. The van der Waals surface area contributed by atoms with E-state index in [1.165, 1.54) is 0 Å². The van der Waals surface area contributed by atoms with Crippen molar-refractivity contribution in [2.45, 2.75) is 26.7 Å². The summed E-state index contributed by atoms with van der Waals surface area (Å²) in [5, 5.41) is 2.74. The fourth-order valence-electron chi connectivity index (χ4n) is 1.04. The number of rotatable bonds is 6. The minimum absolute atomic E-state index is 0.0945. The van der Waals surface area contributed by atoms with Crippen LogP contribution in [0, 0.1) is 5.92 Å². The lowest BCUT2D eigenvalue weighted by molar-refractivity contribution is -0.125. The Kier molecular flexibility index (Phi) is 6.70. The van der Waals surface area contributed by atoms with Crippen molar-refractivity contribution >= 4 is 5.91 Å². The summed E-state index contributed by atoms with van der Waals surface area (Å²) in [7, 11) is 0. The van der Waals surface area contributed by atoms with Gasteiger partial charge in [-0.25, -0.2) is 5.90 Å². The second-order valence-corrected chi connectivity index (χ2v) is 2.68. The Balaban J connectivity index is 3.54. The van der Waals surface area contributed by atoms with Crippen molar-refractivity contribution in [3.63, 3.8) is 0 Å². The second kappa shape index (κ2) is 7.06. The molecule has 72 valence electrons. The van der Waals surface area contributed by atoms with E-state index in [-0.39, 0.29) is 11.8 Å². The molecule has 3 N–H and O–H groups in total. The fraction of sp³-hybridized carbons (Fsp3) is 0.875. The molecular formula is C8H18N2O2. The van der Waals surface area contributed by atoms with Crippen molar-refractivity contribution in [3.8, 4) is 0 Å². The molecule has 0 saturated heterocycles. The van der Waals surface area contributed by atoms with Crippen molar-refractivity contribution in [1.82, 2.24) is 5.32 Å². The SMILES string of the molecule is CCC(CC)C(=O)NCCON. The summed E-state index contributed by atoms with van der Waals surface area (Å²) < 4.78 is 0. The van der Waals surface area contributed by atoms with E-state index in [1.807, 2.05) is 13.8 Å². The van der Waals surface area contributed by atoms with Crippen LogP contribution in [0.1, 0.15) is 26.7 Å². The molecule has 0 rings (SSSR count). The zero-order valence-electron chi connectivity index (χ0n) is 7.80. The Morgan fingerprint density at radius 1 is 1.50 bits per heavy atom. The first-order chi connectivity index (χ1) is 5.76. The van der Waals surface area contributed by atoms with Crippen LogP contribution in [0.25, 0.3) is 0 Å². The van der Waals surface area contributed by atoms with Gasteiger partial charge in [0.15, 0.2) is 0 Å². The highest BCUT2D eigenvalue weighted by Crippen LogP contribution is 2.06. The Morgan fingerprint density at radius 2 is 2.08 bits per heavy atom. The number of nitrogens with one attached hydrogen (secondary N) is 1. The Labute approximate surface area is 73.4 Å². The van der Waals surface area contributed by atoms with Crippen LogP contribution in [-0.2, 0) is 9.63 Å². The van der Waals surface area contributed by atoms with Crippen LogP contribution in [0.4, 0.5) is 0 Å². The van der Waals surface area contributed by atoms with Crippen LogP contribution in [0.5, 0.6) is 0 Å². The number of hydrogen-bond donors (Lipinski definition) is 2. The van der Waals surface area contributed by atoms with Crippen LogP contribution < -0.4 is 11.2 Å². The number of amides is 1. The first kappa shape index (κ1) is 11.4. The molecule has 0 aromatic carbocycles. The highest BCUT2D eigenvalue weighted by atomic mass is 16.6. The first-order valence-corrected chi connectivity index (χ1v) is 4.35. The van der Waals surface area contributed by atoms with Gasteiger partial charge in [-0.15, -0.1) is 0 Å². The van der Waals surface area contributed by atoms with Crippen molar-refractivity contribution in [3.05, 3.63) is 0 Å². The van der Waals surface area contributed by atoms with Crippen LogP contribution in [0.15, 0.2) is 0 Å². The lowest BCUT2D eigenvalue weighted by atomic mass is 10.0. The molecule has 0 radical (unpaired) electrons. The molecule has 0 bridgehead atoms. The largest absolute Gasteiger partial charge is 0.353 e. The van der Waals surface area contributed by atoms with E-state index in [9.17, 15) is 4.79 Å². The Hall–Kier alpha value is -0.610. The zero-order valence-corrected chi connectivity index (χ0v) is 7.80. The standard InChI is InChI=1S/C8H18N2O2/c1-3-7(4-2)8(11)10-5-6-12-9/h7H,3-6,9H2,1-2H3,(H,10,11). The van der Waals surface area contributed by atoms with E-state index < -0.39 is 0 Å². The summed E-state index contributed by atoms with van der Waals surface area (Å²) >= 11 is 0. The second-order valence-electron chi connectivity index (χ2n) is 2.68. The molecule has 0 saturated carbocycles. The number of carbonyl (C=O) groups is 1. The predicted molar refractivity (Wildman–Crippen MR) is 47.2 cm³/mol. The smallest absolute Gasteiger partial charge is 0.223 e. The van der Waals surface area contributed by atoms with Crippen molar-refractivity contribution in [2.75, 3.05) is 13.2 Å². The fourth-order valence-corrected chi connectivity index (χ4v) is 1.04. The molecule has 0 fully saturated rings. The molecule has 0 aliphatic carbocycles. The number of nitrogens with two attached hydrogens (primary N) is 1. The Bertz CT molecular complexity index is 124. The van der Waals surface area contributed by atoms with Gasteiger partial charge in [0.1, 0.15) is 0 Å². The molecule has 0 spiro atoms. The van der Waals surface area contributed by atoms with Crippen LogP contribution in [0.2, 0.25) is 0 Å². The molecule has 4 nitrogen and oxygen atoms in total. The zero-order chi connectivity index (χ0) is 9.40. The van der Waals surface area contributed by atoms with Gasteiger partial charge in [-0.05, 0) is 12.8 Å². The van der Waals surface area contributed by atoms with Gasteiger partial charge in [0.05, 0.1) is 6.61 Å². The van der Waals surface area contributed by atoms with E-state index >= 15 is 0 Å². The van der Waals surface area contributed by atoms with Gasteiger partial charge in [0, 0.05) is 12.5 Å². The van der Waals surface area contributed by atoms with Gasteiger partial charge >= 0.3 is 0 Å². The van der Waals surface area contributed by atoms with Gasteiger partial charge in [0.2, 0.25) is 5.91 Å². The maximum Gasteiger partial charge on any atom is 0.223 e. The lowest BCUT2D eigenvalue weighted by Gasteiger charge is -2.11. The molecule has 4 heteroatoms.